The van der Waals surface area contributed by atoms with Crippen molar-refractivity contribution in [3.8, 4) is 0 Å². The van der Waals surface area contributed by atoms with E-state index in [-0.39, 0.29) is 12.6 Å². The Bertz CT molecular complexity index is 271. The van der Waals surface area contributed by atoms with Crippen LogP contribution in [0.3, 0.4) is 0 Å². The summed E-state index contributed by atoms with van der Waals surface area (Å²) in [6.45, 7) is 10.4. The van der Waals surface area contributed by atoms with Gasteiger partial charge in [0.2, 0.25) is 0 Å². The van der Waals surface area contributed by atoms with Gasteiger partial charge in [0, 0.05) is 7.05 Å². The van der Waals surface area contributed by atoms with Gasteiger partial charge in [-0.3, -0.25) is 13.6 Å². The quantitative estimate of drug-likeness (QED) is 0.328. The highest BCUT2D eigenvalue weighted by molar-refractivity contribution is 7.48. The zero-order valence-corrected chi connectivity index (χ0v) is 12.8. The standard InChI is InChI=1S/C12H26NO4P/c1-6-8-9-15-18(14,16-10-12(3)4)17-11-13(5)7-2/h7,12H,2,6,8-11H2,1,3-5H3. The molecule has 1 unspecified atom stereocenters. The maximum Gasteiger partial charge on any atom is 0.476 e. The molecule has 0 rings (SSSR count). The third kappa shape index (κ3) is 8.70. The molecule has 0 saturated carbocycles. The lowest BCUT2D eigenvalue weighted by Crippen LogP contribution is -2.16. The van der Waals surface area contributed by atoms with Crippen molar-refractivity contribution in [2.24, 2.45) is 5.92 Å². The number of hydrogen-bond donors (Lipinski definition) is 0. The lowest BCUT2D eigenvalue weighted by Gasteiger charge is -2.21. The molecule has 108 valence electrons. The number of phosphoric ester groups is 1. The summed E-state index contributed by atoms with van der Waals surface area (Å²) in [6, 6.07) is 0. The molecule has 0 radical (unpaired) electrons. The molecule has 0 aromatic rings. The SMILES string of the molecule is C=CN(C)COP(=O)(OCCCC)OCC(C)C. The highest BCUT2D eigenvalue weighted by atomic mass is 31.2. The van der Waals surface area contributed by atoms with Crippen molar-refractivity contribution >= 4 is 7.82 Å². The van der Waals surface area contributed by atoms with Gasteiger partial charge < -0.3 is 4.90 Å². The van der Waals surface area contributed by atoms with Gasteiger partial charge in [-0.25, -0.2) is 4.57 Å². The van der Waals surface area contributed by atoms with E-state index in [4.69, 9.17) is 13.6 Å². The number of phosphoric acid groups is 1. The van der Waals surface area contributed by atoms with E-state index < -0.39 is 7.82 Å². The molecule has 0 aromatic heterocycles. The van der Waals surface area contributed by atoms with Crippen molar-refractivity contribution < 1.29 is 18.1 Å². The van der Waals surface area contributed by atoms with Crippen LogP contribution < -0.4 is 0 Å². The average molecular weight is 279 g/mol. The molecular formula is C12H26NO4P. The maximum absolute atomic E-state index is 12.3. The second-order valence-electron chi connectivity index (χ2n) is 4.52. The summed E-state index contributed by atoms with van der Waals surface area (Å²) in [6.07, 6.45) is 3.38. The Hall–Kier alpha value is -0.350. The number of rotatable bonds is 11. The summed E-state index contributed by atoms with van der Waals surface area (Å²) in [7, 11) is -1.69. The topological polar surface area (TPSA) is 48.0 Å². The Morgan fingerprint density at radius 1 is 1.33 bits per heavy atom. The molecule has 0 saturated heterocycles. The minimum atomic E-state index is -3.46. The van der Waals surface area contributed by atoms with Crippen LogP contribution in [0.2, 0.25) is 0 Å². The van der Waals surface area contributed by atoms with Gasteiger partial charge in [0.15, 0.2) is 0 Å². The van der Waals surface area contributed by atoms with Crippen LogP contribution in [0.25, 0.3) is 0 Å². The Labute approximate surface area is 111 Å². The molecule has 0 aliphatic heterocycles. The van der Waals surface area contributed by atoms with Crippen molar-refractivity contribution in [1.29, 1.82) is 0 Å². The van der Waals surface area contributed by atoms with Gasteiger partial charge in [0.25, 0.3) is 0 Å². The number of hydrogen-bond acceptors (Lipinski definition) is 5. The van der Waals surface area contributed by atoms with E-state index in [1.54, 1.807) is 18.1 Å². The van der Waals surface area contributed by atoms with Gasteiger partial charge in [-0.1, -0.05) is 33.8 Å². The highest BCUT2D eigenvalue weighted by Crippen LogP contribution is 2.49. The van der Waals surface area contributed by atoms with Crippen molar-refractivity contribution in [3.63, 3.8) is 0 Å². The summed E-state index contributed by atoms with van der Waals surface area (Å²) in [5.41, 5.74) is 0. The minimum absolute atomic E-state index is 0.130. The molecule has 18 heavy (non-hydrogen) atoms. The molecule has 0 fully saturated rings. The molecular weight excluding hydrogens is 253 g/mol. The lowest BCUT2D eigenvalue weighted by atomic mass is 10.2. The summed E-state index contributed by atoms with van der Waals surface area (Å²) >= 11 is 0. The van der Waals surface area contributed by atoms with Crippen LogP contribution in [0, 0.1) is 5.92 Å². The molecule has 0 amide bonds. The van der Waals surface area contributed by atoms with Gasteiger partial charge in [-0.15, -0.1) is 0 Å². The predicted molar refractivity (Wildman–Crippen MR) is 73.2 cm³/mol. The minimum Gasteiger partial charge on any atom is -0.358 e. The monoisotopic (exact) mass is 279 g/mol. The van der Waals surface area contributed by atoms with Gasteiger partial charge >= 0.3 is 7.82 Å². The molecule has 0 bridgehead atoms. The largest absolute Gasteiger partial charge is 0.476 e. The predicted octanol–water partition coefficient (Wildman–Crippen LogP) is 3.63. The van der Waals surface area contributed by atoms with Gasteiger partial charge in [0.05, 0.1) is 13.2 Å². The van der Waals surface area contributed by atoms with Gasteiger partial charge in [-0.2, -0.15) is 0 Å². The van der Waals surface area contributed by atoms with E-state index in [0.29, 0.717) is 13.2 Å². The molecule has 0 aromatic carbocycles. The molecule has 0 aliphatic rings. The normalized spacial score (nSPS) is 14.5. The van der Waals surface area contributed by atoms with Crippen molar-refractivity contribution in [1.82, 2.24) is 4.90 Å². The van der Waals surface area contributed by atoms with E-state index in [1.165, 1.54) is 0 Å². The third-order valence-corrected chi connectivity index (χ3v) is 3.44. The van der Waals surface area contributed by atoms with Crippen LogP contribution in [0.1, 0.15) is 33.6 Å². The average Bonchev–Trinajstić information content (AvgIpc) is 2.34. The fraction of sp³-hybridized carbons (Fsp3) is 0.833. The third-order valence-electron chi connectivity index (χ3n) is 2.04. The second kappa shape index (κ2) is 9.56. The number of nitrogens with zero attached hydrogens (tertiary/aromatic N) is 1. The van der Waals surface area contributed by atoms with Crippen LogP contribution in [0.5, 0.6) is 0 Å². The van der Waals surface area contributed by atoms with E-state index in [2.05, 4.69) is 6.58 Å². The first-order chi connectivity index (χ1) is 8.43. The van der Waals surface area contributed by atoms with Crippen LogP contribution in [-0.4, -0.2) is 31.9 Å². The molecule has 0 spiro atoms. The molecule has 1 atom stereocenters. The van der Waals surface area contributed by atoms with Crippen molar-refractivity contribution in [2.45, 2.75) is 33.6 Å². The van der Waals surface area contributed by atoms with Gasteiger partial charge in [-0.05, 0) is 18.5 Å². The maximum atomic E-state index is 12.3. The Morgan fingerprint density at radius 3 is 2.50 bits per heavy atom. The zero-order valence-electron chi connectivity index (χ0n) is 11.9. The van der Waals surface area contributed by atoms with E-state index in [1.807, 2.05) is 20.8 Å². The first-order valence-corrected chi connectivity index (χ1v) is 7.76. The summed E-state index contributed by atoms with van der Waals surface area (Å²) in [5.74, 6) is 0.272. The van der Waals surface area contributed by atoms with E-state index >= 15 is 0 Å². The molecule has 6 heteroatoms. The van der Waals surface area contributed by atoms with Crippen LogP contribution >= 0.6 is 7.82 Å². The Morgan fingerprint density at radius 2 is 2.00 bits per heavy atom. The lowest BCUT2D eigenvalue weighted by molar-refractivity contribution is 0.0763. The summed E-state index contributed by atoms with van der Waals surface area (Å²) in [4.78, 5) is 1.66. The fourth-order valence-corrected chi connectivity index (χ4v) is 2.27. The summed E-state index contributed by atoms with van der Waals surface area (Å²) < 4.78 is 28.1. The summed E-state index contributed by atoms with van der Waals surface area (Å²) in [5, 5.41) is 0. The Kier molecular flexibility index (Phi) is 9.38. The fourth-order valence-electron chi connectivity index (χ4n) is 0.887. The molecule has 0 aliphatic carbocycles. The van der Waals surface area contributed by atoms with Crippen LogP contribution in [-0.2, 0) is 18.1 Å². The molecule has 0 heterocycles. The number of unbranched alkanes of at least 4 members (excludes halogenated alkanes) is 1. The van der Waals surface area contributed by atoms with Crippen LogP contribution in [0.15, 0.2) is 12.8 Å². The Balaban J connectivity index is 4.29. The smallest absolute Gasteiger partial charge is 0.358 e. The van der Waals surface area contributed by atoms with E-state index in [9.17, 15) is 4.57 Å². The van der Waals surface area contributed by atoms with Crippen molar-refractivity contribution in [3.05, 3.63) is 12.8 Å². The highest BCUT2D eigenvalue weighted by Gasteiger charge is 2.27. The molecule has 5 nitrogen and oxygen atoms in total. The van der Waals surface area contributed by atoms with E-state index in [0.717, 1.165) is 12.8 Å². The zero-order chi connectivity index (χ0) is 14.0. The first kappa shape index (κ1) is 17.6. The van der Waals surface area contributed by atoms with Gasteiger partial charge in [0.1, 0.15) is 6.73 Å². The molecule has 0 N–H and O–H groups in total. The first-order valence-electron chi connectivity index (χ1n) is 6.30. The van der Waals surface area contributed by atoms with Crippen molar-refractivity contribution in [2.75, 3.05) is 27.0 Å². The second-order valence-corrected chi connectivity index (χ2v) is 6.19. The van der Waals surface area contributed by atoms with Crippen LogP contribution in [0.4, 0.5) is 0 Å².